The molecule has 0 heterocycles. The summed E-state index contributed by atoms with van der Waals surface area (Å²) in [5.41, 5.74) is 0.552. The predicted molar refractivity (Wildman–Crippen MR) is 112 cm³/mol. The molecule has 0 radical (unpaired) electrons. The molecule has 9 heteroatoms. The van der Waals surface area contributed by atoms with Crippen molar-refractivity contribution in [1.82, 2.24) is 5.32 Å². The van der Waals surface area contributed by atoms with E-state index in [-0.39, 0.29) is 30.4 Å². The van der Waals surface area contributed by atoms with E-state index in [9.17, 15) is 24.3 Å². The van der Waals surface area contributed by atoms with Gasteiger partial charge in [-0.15, -0.1) is 0 Å². The lowest BCUT2D eigenvalue weighted by atomic mass is 10.0. The van der Waals surface area contributed by atoms with Gasteiger partial charge in [-0.25, -0.2) is 0 Å². The molecule has 0 aliphatic rings. The van der Waals surface area contributed by atoms with Crippen LogP contribution in [0.1, 0.15) is 58.9 Å². The van der Waals surface area contributed by atoms with Crippen molar-refractivity contribution in [3.63, 3.8) is 0 Å². The summed E-state index contributed by atoms with van der Waals surface area (Å²) in [6, 6.07) is 3.51. The van der Waals surface area contributed by atoms with E-state index in [0.29, 0.717) is 12.0 Å². The number of carbonyl (C=O) groups is 4. The van der Waals surface area contributed by atoms with E-state index in [1.165, 1.54) is 26.0 Å². The standard InChI is InChI=1S/C22H31NO8/c1-5-6-7-8-21(26)29-14(2)13-23-18(22(27)28)11-17-9-10-19(30-15(3)24)20(12-17)31-16(4)25/h9-10,12,14,18,23H,5-8,11,13H2,1-4H3,(H,27,28)/t14?,18-/m0/s1. The monoisotopic (exact) mass is 437 g/mol. The molecule has 0 aliphatic heterocycles. The molecule has 0 saturated heterocycles. The van der Waals surface area contributed by atoms with E-state index in [2.05, 4.69) is 5.32 Å². The highest BCUT2D eigenvalue weighted by Gasteiger charge is 2.21. The highest BCUT2D eigenvalue weighted by atomic mass is 16.6. The number of ether oxygens (including phenoxy) is 3. The predicted octanol–water partition coefficient (Wildman–Crippen LogP) is 2.63. The number of carbonyl (C=O) groups excluding carboxylic acids is 3. The van der Waals surface area contributed by atoms with Gasteiger partial charge < -0.3 is 24.6 Å². The van der Waals surface area contributed by atoms with Gasteiger partial charge in [0.15, 0.2) is 11.5 Å². The Labute approximate surface area is 182 Å². The lowest BCUT2D eigenvalue weighted by Gasteiger charge is -2.19. The van der Waals surface area contributed by atoms with Gasteiger partial charge in [-0.1, -0.05) is 25.8 Å². The number of benzene rings is 1. The minimum absolute atomic E-state index is 0.0266. The largest absolute Gasteiger partial charge is 0.480 e. The Kier molecular flexibility index (Phi) is 11.3. The third-order valence-electron chi connectivity index (χ3n) is 4.22. The maximum atomic E-state index is 11.8. The zero-order valence-corrected chi connectivity index (χ0v) is 18.4. The maximum absolute atomic E-state index is 11.8. The topological polar surface area (TPSA) is 128 Å². The zero-order chi connectivity index (χ0) is 23.4. The van der Waals surface area contributed by atoms with Gasteiger partial charge in [0.1, 0.15) is 12.1 Å². The third-order valence-corrected chi connectivity index (χ3v) is 4.22. The molecule has 1 aromatic carbocycles. The Morgan fingerprint density at radius 2 is 1.68 bits per heavy atom. The van der Waals surface area contributed by atoms with Gasteiger partial charge in [-0.3, -0.25) is 19.2 Å². The smallest absolute Gasteiger partial charge is 0.321 e. The molecular weight excluding hydrogens is 406 g/mol. The number of nitrogens with one attached hydrogen (secondary N) is 1. The summed E-state index contributed by atoms with van der Waals surface area (Å²) in [6.07, 6.45) is 2.65. The second kappa shape index (κ2) is 13.4. The molecule has 0 aliphatic carbocycles. The van der Waals surface area contributed by atoms with Crippen LogP contribution in [0.3, 0.4) is 0 Å². The molecule has 0 amide bonds. The van der Waals surface area contributed by atoms with Crippen LogP contribution in [-0.2, 0) is 30.3 Å². The molecular formula is C22H31NO8. The van der Waals surface area contributed by atoms with Crippen LogP contribution < -0.4 is 14.8 Å². The number of carboxylic acid groups (broad SMARTS) is 1. The van der Waals surface area contributed by atoms with Crippen molar-refractivity contribution in [2.45, 2.75) is 71.9 Å². The minimum atomic E-state index is -1.08. The summed E-state index contributed by atoms with van der Waals surface area (Å²) in [4.78, 5) is 46.0. The van der Waals surface area contributed by atoms with Gasteiger partial charge in [0.05, 0.1) is 0 Å². The molecule has 9 nitrogen and oxygen atoms in total. The maximum Gasteiger partial charge on any atom is 0.321 e. The summed E-state index contributed by atoms with van der Waals surface area (Å²) in [5.74, 6) is -2.48. The second-order valence-electron chi connectivity index (χ2n) is 7.23. The molecule has 0 fully saturated rings. The Balaban J connectivity index is 2.75. The Morgan fingerprint density at radius 3 is 2.26 bits per heavy atom. The first-order chi connectivity index (χ1) is 14.6. The normalized spacial score (nSPS) is 12.5. The van der Waals surface area contributed by atoms with E-state index in [1.807, 2.05) is 6.92 Å². The molecule has 172 valence electrons. The SMILES string of the molecule is CCCCCC(=O)OC(C)CN[C@@H](Cc1ccc(OC(C)=O)c(OC(C)=O)c1)C(=O)O. The molecule has 0 saturated carbocycles. The Bertz CT molecular complexity index is 777. The Hall–Kier alpha value is -2.94. The summed E-state index contributed by atoms with van der Waals surface area (Å²) in [5, 5.41) is 12.4. The molecule has 2 atom stereocenters. The fraction of sp³-hybridized carbons (Fsp3) is 0.545. The second-order valence-corrected chi connectivity index (χ2v) is 7.23. The number of rotatable bonds is 13. The summed E-state index contributed by atoms with van der Waals surface area (Å²) in [6.45, 7) is 6.32. The van der Waals surface area contributed by atoms with Crippen LogP contribution in [0.15, 0.2) is 18.2 Å². The molecule has 1 unspecified atom stereocenters. The zero-order valence-electron chi connectivity index (χ0n) is 18.4. The average Bonchev–Trinajstić information content (AvgIpc) is 2.66. The van der Waals surface area contributed by atoms with Gasteiger partial charge in [-0.2, -0.15) is 0 Å². The van der Waals surface area contributed by atoms with E-state index < -0.39 is 30.1 Å². The molecule has 1 aromatic rings. The highest BCUT2D eigenvalue weighted by molar-refractivity contribution is 5.75. The Morgan fingerprint density at radius 1 is 1.03 bits per heavy atom. The quantitative estimate of drug-likeness (QED) is 0.272. The first-order valence-electron chi connectivity index (χ1n) is 10.3. The fourth-order valence-electron chi connectivity index (χ4n) is 2.79. The van der Waals surface area contributed by atoms with Crippen molar-refractivity contribution in [2.75, 3.05) is 6.54 Å². The van der Waals surface area contributed by atoms with Crippen LogP contribution in [0.25, 0.3) is 0 Å². The fourth-order valence-corrected chi connectivity index (χ4v) is 2.79. The van der Waals surface area contributed by atoms with Gasteiger partial charge in [0.2, 0.25) is 0 Å². The first-order valence-corrected chi connectivity index (χ1v) is 10.3. The average molecular weight is 437 g/mol. The molecule has 1 rings (SSSR count). The van der Waals surface area contributed by atoms with Crippen molar-refractivity contribution < 1.29 is 38.5 Å². The number of carboxylic acids is 1. The lowest BCUT2D eigenvalue weighted by molar-refractivity contribution is -0.148. The molecule has 0 spiro atoms. The van der Waals surface area contributed by atoms with Crippen LogP contribution in [0, 0.1) is 0 Å². The van der Waals surface area contributed by atoms with Crippen molar-refractivity contribution >= 4 is 23.9 Å². The van der Waals surface area contributed by atoms with E-state index in [4.69, 9.17) is 14.2 Å². The van der Waals surface area contributed by atoms with Crippen LogP contribution in [0.4, 0.5) is 0 Å². The lowest BCUT2D eigenvalue weighted by Crippen LogP contribution is -2.42. The minimum Gasteiger partial charge on any atom is -0.480 e. The van der Waals surface area contributed by atoms with Crippen LogP contribution in [0.2, 0.25) is 0 Å². The molecule has 0 aromatic heterocycles. The highest BCUT2D eigenvalue weighted by Crippen LogP contribution is 2.29. The van der Waals surface area contributed by atoms with Crippen molar-refractivity contribution in [2.24, 2.45) is 0 Å². The van der Waals surface area contributed by atoms with Crippen molar-refractivity contribution in [3.05, 3.63) is 23.8 Å². The summed E-state index contributed by atoms with van der Waals surface area (Å²) >= 11 is 0. The van der Waals surface area contributed by atoms with Crippen LogP contribution in [-0.4, -0.2) is 47.7 Å². The van der Waals surface area contributed by atoms with Crippen molar-refractivity contribution in [3.8, 4) is 11.5 Å². The number of aliphatic carboxylic acids is 1. The van der Waals surface area contributed by atoms with Crippen molar-refractivity contribution in [1.29, 1.82) is 0 Å². The van der Waals surface area contributed by atoms with E-state index in [0.717, 1.165) is 19.3 Å². The van der Waals surface area contributed by atoms with Crippen LogP contribution in [0.5, 0.6) is 11.5 Å². The van der Waals surface area contributed by atoms with E-state index >= 15 is 0 Å². The van der Waals surface area contributed by atoms with Gasteiger partial charge in [-0.05, 0) is 37.5 Å². The number of hydrogen-bond acceptors (Lipinski definition) is 8. The third kappa shape index (κ3) is 10.6. The number of esters is 3. The molecule has 2 N–H and O–H groups in total. The molecule has 0 bridgehead atoms. The number of hydrogen-bond donors (Lipinski definition) is 2. The summed E-state index contributed by atoms with van der Waals surface area (Å²) < 4.78 is 15.4. The summed E-state index contributed by atoms with van der Waals surface area (Å²) in [7, 11) is 0. The van der Waals surface area contributed by atoms with E-state index in [1.54, 1.807) is 13.0 Å². The van der Waals surface area contributed by atoms with Gasteiger partial charge in [0.25, 0.3) is 0 Å². The van der Waals surface area contributed by atoms with Gasteiger partial charge >= 0.3 is 23.9 Å². The number of unbranched alkanes of at least 4 members (excludes halogenated alkanes) is 2. The van der Waals surface area contributed by atoms with Crippen LogP contribution >= 0.6 is 0 Å². The van der Waals surface area contributed by atoms with Gasteiger partial charge in [0, 0.05) is 26.8 Å². The molecule has 31 heavy (non-hydrogen) atoms. The first kappa shape index (κ1) is 26.1.